The lowest BCUT2D eigenvalue weighted by molar-refractivity contribution is 0.595. The Balaban J connectivity index is 1.92. The van der Waals surface area contributed by atoms with Crippen LogP contribution in [0.4, 0.5) is 10.1 Å². The van der Waals surface area contributed by atoms with Gasteiger partial charge >= 0.3 is 0 Å². The molecule has 0 aliphatic carbocycles. The summed E-state index contributed by atoms with van der Waals surface area (Å²) in [6.45, 7) is 6.11. The van der Waals surface area contributed by atoms with Crippen molar-refractivity contribution in [2.24, 2.45) is 0 Å². The molecule has 1 heterocycles. The predicted molar refractivity (Wildman–Crippen MR) is 99.2 cm³/mol. The predicted octanol–water partition coefficient (Wildman–Crippen LogP) is 3.80. The Morgan fingerprint density at radius 2 is 1.81 bits per heavy atom. The molecule has 0 saturated heterocycles. The van der Waals surface area contributed by atoms with E-state index in [0.29, 0.717) is 23.6 Å². The van der Waals surface area contributed by atoms with Crippen LogP contribution >= 0.6 is 0 Å². The first kappa shape index (κ1) is 18.1. The number of sulfonamides is 1. The molecule has 136 valence electrons. The summed E-state index contributed by atoms with van der Waals surface area (Å²) < 4.78 is 42.8. The highest BCUT2D eigenvalue weighted by Gasteiger charge is 2.20. The molecule has 0 aliphatic heterocycles. The van der Waals surface area contributed by atoms with E-state index in [9.17, 15) is 12.8 Å². The van der Waals surface area contributed by atoms with Crippen molar-refractivity contribution in [3.63, 3.8) is 0 Å². The van der Waals surface area contributed by atoms with E-state index in [-0.39, 0.29) is 4.90 Å². The normalized spacial score (nSPS) is 11.5. The van der Waals surface area contributed by atoms with Gasteiger partial charge in [0.25, 0.3) is 10.0 Å². The van der Waals surface area contributed by atoms with Crippen molar-refractivity contribution in [1.82, 2.24) is 9.78 Å². The average molecular weight is 373 g/mol. The standard InChI is InChI=1S/C19H20FN3O2S/c1-13-7-4-5-8-16(13)12-23-15(3)19(14(2)21-23)22-26(24,25)18-10-6-9-17(20)11-18/h4-11,22H,12H2,1-3H3. The molecule has 0 fully saturated rings. The number of nitrogens with zero attached hydrogens (tertiary/aromatic N) is 2. The summed E-state index contributed by atoms with van der Waals surface area (Å²) in [5, 5.41) is 4.46. The molecular weight excluding hydrogens is 353 g/mol. The quantitative estimate of drug-likeness (QED) is 0.740. The molecule has 5 nitrogen and oxygen atoms in total. The molecule has 0 atom stereocenters. The molecule has 3 rings (SSSR count). The second-order valence-electron chi connectivity index (χ2n) is 6.19. The van der Waals surface area contributed by atoms with Crippen molar-refractivity contribution in [1.29, 1.82) is 0 Å². The van der Waals surface area contributed by atoms with Crippen LogP contribution in [-0.2, 0) is 16.6 Å². The molecule has 2 aromatic carbocycles. The minimum absolute atomic E-state index is 0.122. The maximum Gasteiger partial charge on any atom is 0.262 e. The summed E-state index contributed by atoms with van der Waals surface area (Å²) in [6.07, 6.45) is 0. The van der Waals surface area contributed by atoms with Crippen LogP contribution in [-0.4, -0.2) is 18.2 Å². The first-order valence-corrected chi connectivity index (χ1v) is 9.63. The van der Waals surface area contributed by atoms with Crippen LogP contribution in [0.25, 0.3) is 0 Å². The van der Waals surface area contributed by atoms with E-state index in [1.807, 2.05) is 38.1 Å². The average Bonchev–Trinajstić information content (AvgIpc) is 2.84. The van der Waals surface area contributed by atoms with Crippen molar-refractivity contribution in [3.8, 4) is 0 Å². The Morgan fingerprint density at radius 3 is 2.50 bits per heavy atom. The molecule has 0 saturated carbocycles. The van der Waals surface area contributed by atoms with E-state index in [2.05, 4.69) is 9.82 Å². The second-order valence-corrected chi connectivity index (χ2v) is 7.88. The van der Waals surface area contributed by atoms with Gasteiger partial charge < -0.3 is 0 Å². The molecule has 26 heavy (non-hydrogen) atoms. The van der Waals surface area contributed by atoms with Crippen LogP contribution in [0.1, 0.15) is 22.5 Å². The van der Waals surface area contributed by atoms with E-state index in [0.717, 1.165) is 17.2 Å². The lowest BCUT2D eigenvalue weighted by atomic mass is 10.1. The summed E-state index contributed by atoms with van der Waals surface area (Å²) >= 11 is 0. The van der Waals surface area contributed by atoms with Gasteiger partial charge in [-0.25, -0.2) is 12.8 Å². The largest absolute Gasteiger partial charge is 0.276 e. The number of hydrogen-bond donors (Lipinski definition) is 1. The van der Waals surface area contributed by atoms with Crippen LogP contribution in [0.3, 0.4) is 0 Å². The molecule has 0 aliphatic rings. The van der Waals surface area contributed by atoms with E-state index in [1.54, 1.807) is 11.6 Å². The first-order valence-electron chi connectivity index (χ1n) is 8.15. The second kappa shape index (κ2) is 6.92. The van der Waals surface area contributed by atoms with Crippen molar-refractivity contribution in [2.75, 3.05) is 4.72 Å². The lowest BCUT2D eigenvalue weighted by Gasteiger charge is -2.10. The van der Waals surface area contributed by atoms with Crippen LogP contribution in [0.5, 0.6) is 0 Å². The maximum absolute atomic E-state index is 13.4. The Morgan fingerprint density at radius 1 is 1.08 bits per heavy atom. The summed E-state index contributed by atoms with van der Waals surface area (Å²) in [7, 11) is -3.89. The third-order valence-corrected chi connectivity index (χ3v) is 5.65. The van der Waals surface area contributed by atoms with Gasteiger partial charge in [-0.2, -0.15) is 5.10 Å². The monoisotopic (exact) mass is 373 g/mol. The molecule has 3 aromatic rings. The lowest BCUT2D eigenvalue weighted by Crippen LogP contribution is -2.14. The Kier molecular flexibility index (Phi) is 4.82. The van der Waals surface area contributed by atoms with Crippen molar-refractivity contribution < 1.29 is 12.8 Å². The third-order valence-electron chi connectivity index (χ3n) is 4.31. The number of anilines is 1. The zero-order chi connectivity index (χ0) is 18.9. The maximum atomic E-state index is 13.4. The zero-order valence-electron chi connectivity index (χ0n) is 14.8. The minimum atomic E-state index is -3.89. The SMILES string of the molecule is Cc1ccccc1Cn1nc(C)c(NS(=O)(=O)c2cccc(F)c2)c1C. The first-order chi connectivity index (χ1) is 12.3. The van der Waals surface area contributed by atoms with Crippen molar-refractivity contribution in [2.45, 2.75) is 32.2 Å². The highest BCUT2D eigenvalue weighted by atomic mass is 32.2. The number of nitrogens with one attached hydrogen (secondary N) is 1. The van der Waals surface area contributed by atoms with Crippen molar-refractivity contribution in [3.05, 3.63) is 76.9 Å². The number of hydrogen-bond acceptors (Lipinski definition) is 3. The zero-order valence-corrected chi connectivity index (χ0v) is 15.6. The van der Waals surface area contributed by atoms with Crippen LogP contribution in [0.15, 0.2) is 53.4 Å². The fourth-order valence-corrected chi connectivity index (χ4v) is 3.98. The molecule has 0 amide bonds. The Labute approximate surface area is 152 Å². The Bertz CT molecular complexity index is 1060. The van der Waals surface area contributed by atoms with Gasteiger partial charge in [-0.3, -0.25) is 9.40 Å². The molecule has 1 aromatic heterocycles. The van der Waals surface area contributed by atoms with Gasteiger partial charge in [-0.05, 0) is 50.1 Å². The summed E-state index contributed by atoms with van der Waals surface area (Å²) in [4.78, 5) is -0.122. The number of benzene rings is 2. The number of rotatable bonds is 5. The number of aryl methyl sites for hydroxylation is 2. The van der Waals surface area contributed by atoms with Gasteiger partial charge in [-0.1, -0.05) is 30.3 Å². The number of aromatic nitrogens is 2. The van der Waals surface area contributed by atoms with Gasteiger partial charge in [-0.15, -0.1) is 0 Å². The molecule has 0 radical (unpaired) electrons. The third kappa shape index (κ3) is 3.62. The van der Waals surface area contributed by atoms with Gasteiger partial charge in [0.1, 0.15) is 5.82 Å². The number of halogens is 1. The molecule has 0 bridgehead atoms. The summed E-state index contributed by atoms with van der Waals surface area (Å²) in [6, 6.07) is 12.9. The molecule has 0 spiro atoms. The van der Waals surface area contributed by atoms with Crippen LogP contribution in [0.2, 0.25) is 0 Å². The smallest absolute Gasteiger partial charge is 0.262 e. The molecule has 7 heteroatoms. The van der Waals surface area contributed by atoms with E-state index in [4.69, 9.17) is 0 Å². The fourth-order valence-electron chi connectivity index (χ4n) is 2.77. The minimum Gasteiger partial charge on any atom is -0.276 e. The van der Waals surface area contributed by atoms with E-state index in [1.165, 1.54) is 18.2 Å². The summed E-state index contributed by atoms with van der Waals surface area (Å²) in [5.74, 6) is -0.600. The van der Waals surface area contributed by atoms with Crippen LogP contribution < -0.4 is 4.72 Å². The van der Waals surface area contributed by atoms with Crippen molar-refractivity contribution >= 4 is 15.7 Å². The Hall–Kier alpha value is -2.67. The van der Waals surface area contributed by atoms with Gasteiger partial charge in [0.15, 0.2) is 0 Å². The molecule has 0 unspecified atom stereocenters. The highest BCUT2D eigenvalue weighted by molar-refractivity contribution is 7.92. The van der Waals surface area contributed by atoms with Gasteiger partial charge in [0.2, 0.25) is 0 Å². The van der Waals surface area contributed by atoms with Crippen LogP contribution in [0, 0.1) is 26.6 Å². The fraction of sp³-hybridized carbons (Fsp3) is 0.211. The topological polar surface area (TPSA) is 64.0 Å². The molecular formula is C19H20FN3O2S. The summed E-state index contributed by atoms with van der Waals surface area (Å²) in [5.41, 5.74) is 3.93. The van der Waals surface area contributed by atoms with E-state index < -0.39 is 15.8 Å². The van der Waals surface area contributed by atoms with E-state index >= 15 is 0 Å². The molecule has 1 N–H and O–H groups in total. The van der Waals surface area contributed by atoms with Gasteiger partial charge in [0.05, 0.1) is 28.5 Å². The van der Waals surface area contributed by atoms with Gasteiger partial charge in [0, 0.05) is 0 Å². The highest BCUT2D eigenvalue weighted by Crippen LogP contribution is 2.24.